The lowest BCUT2D eigenvalue weighted by molar-refractivity contribution is -0.131. The lowest BCUT2D eigenvalue weighted by Crippen LogP contribution is -2.23. The van der Waals surface area contributed by atoms with Crippen molar-refractivity contribution < 1.29 is 9.90 Å². The molecule has 1 heterocycles. The van der Waals surface area contributed by atoms with Crippen LogP contribution in [-0.4, -0.2) is 24.2 Å². The molecule has 1 N–H and O–H groups in total. The van der Waals surface area contributed by atoms with E-state index in [1.807, 2.05) is 12.1 Å². The van der Waals surface area contributed by atoms with E-state index in [0.29, 0.717) is 5.56 Å². The Bertz CT molecular complexity index is 597. The Hall–Kier alpha value is -2.28. The number of carbonyl (C=O) groups is 1. The zero-order valence-corrected chi connectivity index (χ0v) is 11.8. The predicted molar refractivity (Wildman–Crippen MR) is 78.4 cm³/mol. The van der Waals surface area contributed by atoms with Crippen molar-refractivity contribution in [2.75, 3.05) is 18.0 Å². The number of nitrogens with zero attached hydrogens (tertiary/aromatic N) is 2. The molecule has 104 valence electrons. The third-order valence-corrected chi connectivity index (χ3v) is 3.58. The molecule has 1 aromatic rings. The fourth-order valence-electron chi connectivity index (χ4n) is 2.51. The van der Waals surface area contributed by atoms with Gasteiger partial charge in [-0.25, -0.2) is 4.79 Å². The highest BCUT2D eigenvalue weighted by atomic mass is 16.4. The number of carboxylic acid groups (broad SMARTS) is 1. The predicted octanol–water partition coefficient (Wildman–Crippen LogP) is 2.89. The maximum Gasteiger partial charge on any atom is 0.328 e. The molecular weight excluding hydrogens is 252 g/mol. The summed E-state index contributed by atoms with van der Waals surface area (Å²) in [5.41, 5.74) is 2.53. The monoisotopic (exact) mass is 270 g/mol. The van der Waals surface area contributed by atoms with E-state index in [1.54, 1.807) is 6.07 Å². The molecule has 0 bridgehead atoms. The SMILES string of the molecule is CC1(C)CCN(c2ccc(/C=C/C(=O)O)cc2C#N)C1. The Morgan fingerprint density at radius 1 is 1.50 bits per heavy atom. The lowest BCUT2D eigenvalue weighted by Gasteiger charge is -2.22. The first-order valence-corrected chi connectivity index (χ1v) is 6.61. The number of anilines is 1. The van der Waals surface area contributed by atoms with E-state index in [4.69, 9.17) is 5.11 Å². The number of hydrogen-bond donors (Lipinski definition) is 1. The number of hydrogen-bond acceptors (Lipinski definition) is 3. The van der Waals surface area contributed by atoms with Gasteiger partial charge in [-0.15, -0.1) is 0 Å². The average molecular weight is 270 g/mol. The van der Waals surface area contributed by atoms with Crippen LogP contribution >= 0.6 is 0 Å². The molecule has 0 aromatic heterocycles. The Morgan fingerprint density at radius 2 is 2.25 bits per heavy atom. The topological polar surface area (TPSA) is 64.3 Å². The second kappa shape index (κ2) is 5.38. The maximum atomic E-state index is 10.5. The molecule has 1 aromatic carbocycles. The molecule has 2 rings (SSSR count). The van der Waals surface area contributed by atoms with E-state index >= 15 is 0 Å². The standard InChI is InChI=1S/C16H18N2O2/c1-16(2)7-8-18(11-16)14-5-3-12(4-6-15(19)20)9-13(14)10-17/h3-6,9H,7-8,11H2,1-2H3,(H,19,20)/b6-4+. The number of rotatable bonds is 3. The first-order valence-electron chi connectivity index (χ1n) is 6.61. The number of nitriles is 1. The molecule has 0 atom stereocenters. The van der Waals surface area contributed by atoms with Gasteiger partial charge in [-0.05, 0) is 35.6 Å². The second-order valence-corrected chi connectivity index (χ2v) is 5.90. The van der Waals surface area contributed by atoms with Crippen LogP contribution in [-0.2, 0) is 4.79 Å². The van der Waals surface area contributed by atoms with E-state index < -0.39 is 5.97 Å². The average Bonchev–Trinajstić information content (AvgIpc) is 2.76. The van der Waals surface area contributed by atoms with Crippen LogP contribution in [0.1, 0.15) is 31.4 Å². The minimum atomic E-state index is -0.992. The normalized spacial score (nSPS) is 17.4. The van der Waals surface area contributed by atoms with Gasteiger partial charge >= 0.3 is 5.97 Å². The molecule has 1 aliphatic heterocycles. The van der Waals surface area contributed by atoms with Gasteiger partial charge in [0.25, 0.3) is 0 Å². The van der Waals surface area contributed by atoms with E-state index in [1.165, 1.54) is 6.08 Å². The van der Waals surface area contributed by atoms with Crippen LogP contribution in [0.2, 0.25) is 0 Å². The summed E-state index contributed by atoms with van der Waals surface area (Å²) in [6.07, 6.45) is 3.69. The molecule has 20 heavy (non-hydrogen) atoms. The molecule has 4 heteroatoms. The van der Waals surface area contributed by atoms with Crippen molar-refractivity contribution >= 4 is 17.7 Å². The molecule has 0 unspecified atom stereocenters. The Balaban J connectivity index is 2.28. The van der Waals surface area contributed by atoms with Crippen LogP contribution in [0.5, 0.6) is 0 Å². The van der Waals surface area contributed by atoms with Crippen LogP contribution in [0.4, 0.5) is 5.69 Å². The van der Waals surface area contributed by atoms with Gasteiger partial charge in [0, 0.05) is 19.2 Å². The van der Waals surface area contributed by atoms with Crippen LogP contribution < -0.4 is 4.90 Å². The van der Waals surface area contributed by atoms with Gasteiger partial charge in [0.2, 0.25) is 0 Å². The fourth-order valence-corrected chi connectivity index (χ4v) is 2.51. The van der Waals surface area contributed by atoms with Crippen molar-refractivity contribution in [2.45, 2.75) is 20.3 Å². The first-order chi connectivity index (χ1) is 9.41. The smallest absolute Gasteiger partial charge is 0.328 e. The number of carboxylic acids is 1. The first kappa shape index (κ1) is 14.1. The summed E-state index contributed by atoms with van der Waals surface area (Å²) in [5, 5.41) is 17.9. The summed E-state index contributed by atoms with van der Waals surface area (Å²) in [4.78, 5) is 12.7. The molecular formula is C16H18N2O2. The largest absolute Gasteiger partial charge is 0.478 e. The lowest BCUT2D eigenvalue weighted by atomic mass is 9.93. The van der Waals surface area contributed by atoms with Gasteiger partial charge in [0.15, 0.2) is 0 Å². The highest BCUT2D eigenvalue weighted by Gasteiger charge is 2.30. The van der Waals surface area contributed by atoms with Gasteiger partial charge in [-0.2, -0.15) is 5.26 Å². The van der Waals surface area contributed by atoms with Crippen molar-refractivity contribution in [2.24, 2.45) is 5.41 Å². The highest BCUT2D eigenvalue weighted by Crippen LogP contribution is 2.34. The molecule has 0 saturated carbocycles. The minimum Gasteiger partial charge on any atom is -0.478 e. The van der Waals surface area contributed by atoms with Crippen molar-refractivity contribution in [3.05, 3.63) is 35.4 Å². The van der Waals surface area contributed by atoms with Crippen molar-refractivity contribution in [3.63, 3.8) is 0 Å². The van der Waals surface area contributed by atoms with E-state index in [-0.39, 0.29) is 5.41 Å². The molecule has 1 fully saturated rings. The van der Waals surface area contributed by atoms with Crippen molar-refractivity contribution in [1.29, 1.82) is 5.26 Å². The molecule has 0 aliphatic carbocycles. The summed E-state index contributed by atoms with van der Waals surface area (Å²) in [6.45, 7) is 6.34. The van der Waals surface area contributed by atoms with Crippen molar-refractivity contribution in [1.82, 2.24) is 0 Å². The van der Waals surface area contributed by atoms with Crippen LogP contribution in [0.15, 0.2) is 24.3 Å². The van der Waals surface area contributed by atoms with E-state index in [0.717, 1.165) is 36.8 Å². The summed E-state index contributed by atoms with van der Waals surface area (Å²) in [7, 11) is 0. The third-order valence-electron chi connectivity index (χ3n) is 3.58. The van der Waals surface area contributed by atoms with Gasteiger partial charge in [0.1, 0.15) is 6.07 Å². The van der Waals surface area contributed by atoms with Gasteiger partial charge in [-0.3, -0.25) is 0 Å². The molecule has 0 amide bonds. The van der Waals surface area contributed by atoms with Crippen LogP contribution in [0.25, 0.3) is 6.08 Å². The van der Waals surface area contributed by atoms with Gasteiger partial charge in [0.05, 0.1) is 11.3 Å². The van der Waals surface area contributed by atoms with E-state index in [9.17, 15) is 10.1 Å². The Kier molecular flexibility index (Phi) is 3.80. The zero-order chi connectivity index (χ0) is 14.8. The third kappa shape index (κ3) is 3.18. The van der Waals surface area contributed by atoms with Gasteiger partial charge in [-0.1, -0.05) is 19.9 Å². The highest BCUT2D eigenvalue weighted by molar-refractivity contribution is 5.85. The molecule has 0 radical (unpaired) electrons. The Morgan fingerprint density at radius 3 is 2.80 bits per heavy atom. The fraction of sp³-hybridized carbons (Fsp3) is 0.375. The Labute approximate surface area is 118 Å². The quantitative estimate of drug-likeness (QED) is 0.858. The van der Waals surface area contributed by atoms with E-state index in [2.05, 4.69) is 24.8 Å². The molecule has 4 nitrogen and oxygen atoms in total. The van der Waals surface area contributed by atoms with Crippen LogP contribution in [0.3, 0.4) is 0 Å². The summed E-state index contributed by atoms with van der Waals surface area (Å²) in [5.74, 6) is -0.992. The van der Waals surface area contributed by atoms with Crippen molar-refractivity contribution in [3.8, 4) is 6.07 Å². The maximum absolute atomic E-state index is 10.5. The molecule has 0 spiro atoms. The molecule has 1 saturated heterocycles. The second-order valence-electron chi connectivity index (χ2n) is 5.90. The summed E-state index contributed by atoms with van der Waals surface area (Å²) < 4.78 is 0. The zero-order valence-electron chi connectivity index (χ0n) is 11.8. The summed E-state index contributed by atoms with van der Waals surface area (Å²) >= 11 is 0. The minimum absolute atomic E-state index is 0.272. The number of aliphatic carboxylic acids is 1. The van der Waals surface area contributed by atoms with Gasteiger partial charge < -0.3 is 10.0 Å². The summed E-state index contributed by atoms with van der Waals surface area (Å²) in [6, 6.07) is 7.69. The van der Waals surface area contributed by atoms with Crippen LogP contribution in [0, 0.1) is 16.7 Å². The number of benzene rings is 1. The molecule has 1 aliphatic rings.